The van der Waals surface area contributed by atoms with Crippen LogP contribution >= 0.6 is 11.3 Å². The number of thiazole rings is 1. The number of aryl methyl sites for hydroxylation is 1. The number of pyridine rings is 1. The van der Waals surface area contributed by atoms with Gasteiger partial charge >= 0.3 is 0 Å². The highest BCUT2D eigenvalue weighted by Crippen LogP contribution is 2.35. The Morgan fingerprint density at radius 2 is 1.91 bits per heavy atom. The fourth-order valence-corrected chi connectivity index (χ4v) is 6.26. The molecular weight excluding hydrogens is 450 g/mol. The Morgan fingerprint density at radius 3 is 2.56 bits per heavy atom. The molecule has 9 heteroatoms. The van der Waals surface area contributed by atoms with Crippen molar-refractivity contribution in [3.05, 3.63) is 28.5 Å². The summed E-state index contributed by atoms with van der Waals surface area (Å²) in [6.45, 7) is 4.78. The molecule has 2 saturated carbocycles. The Bertz CT molecular complexity index is 1070. The summed E-state index contributed by atoms with van der Waals surface area (Å²) in [6.07, 6.45) is 9.35. The van der Waals surface area contributed by atoms with Gasteiger partial charge in [0.1, 0.15) is 11.5 Å². The van der Waals surface area contributed by atoms with Gasteiger partial charge in [-0.15, -0.1) is 11.3 Å². The molecule has 1 atom stereocenters. The number of amides is 2. The summed E-state index contributed by atoms with van der Waals surface area (Å²) in [5.41, 5.74) is 2.17. The number of carbonyl (C=O) groups is 2. The molecule has 0 radical (unpaired) electrons. The molecule has 2 amide bonds. The maximum atomic E-state index is 13.5. The van der Waals surface area contributed by atoms with Gasteiger partial charge in [-0.2, -0.15) is 0 Å². The van der Waals surface area contributed by atoms with E-state index in [2.05, 4.69) is 27.5 Å². The molecular formula is C25H33N5O3S. The van der Waals surface area contributed by atoms with Gasteiger partial charge in [0.15, 0.2) is 5.01 Å². The van der Waals surface area contributed by atoms with Crippen molar-refractivity contribution < 1.29 is 14.7 Å². The molecule has 0 spiro atoms. The molecule has 2 aromatic rings. The first-order valence-corrected chi connectivity index (χ1v) is 13.2. The van der Waals surface area contributed by atoms with E-state index in [4.69, 9.17) is 0 Å². The maximum Gasteiger partial charge on any atom is 0.280 e. The number of likely N-dealkylation sites (tertiary alicyclic amines) is 1. The Balaban J connectivity index is 1.45. The maximum absolute atomic E-state index is 13.5. The van der Waals surface area contributed by atoms with Crippen LogP contribution in [0.2, 0.25) is 0 Å². The first-order chi connectivity index (χ1) is 16.4. The Hall–Kier alpha value is -2.52. The second kappa shape index (κ2) is 9.62. The lowest BCUT2D eigenvalue weighted by molar-refractivity contribution is 0.0562. The van der Waals surface area contributed by atoms with Gasteiger partial charge in [0.2, 0.25) is 0 Å². The smallest absolute Gasteiger partial charge is 0.280 e. The van der Waals surface area contributed by atoms with E-state index in [1.54, 1.807) is 6.20 Å². The molecule has 2 aromatic heterocycles. The van der Waals surface area contributed by atoms with Crippen LogP contribution in [0.15, 0.2) is 12.3 Å². The number of anilines is 1. The third-order valence-corrected chi connectivity index (χ3v) is 8.44. The van der Waals surface area contributed by atoms with Crippen molar-refractivity contribution in [1.29, 1.82) is 0 Å². The number of aliphatic hydroxyl groups is 1. The fourth-order valence-electron chi connectivity index (χ4n) is 5.22. The number of rotatable bonds is 6. The standard InChI is InChI=1S/C25H33N5O3S/c1-14-10-20(27-16-7-3-4-8-16)26-13-19(14)22-21(25(33)30-9-5-6-15(30)2)29-24(34-22)23(32)28-17-11-18(31)12-17/h10,13,15-18,31H,3-9,11-12H2,1-2H3,(H,26,27)(H,28,32)/t15-,17?,18?/m0/s1. The van der Waals surface area contributed by atoms with E-state index in [0.29, 0.717) is 36.0 Å². The summed E-state index contributed by atoms with van der Waals surface area (Å²) in [6, 6.07) is 2.61. The van der Waals surface area contributed by atoms with Crippen LogP contribution in [0.3, 0.4) is 0 Å². The highest BCUT2D eigenvalue weighted by Gasteiger charge is 2.33. The molecule has 5 rings (SSSR count). The Labute approximate surface area is 204 Å². The van der Waals surface area contributed by atoms with Gasteiger partial charge in [0, 0.05) is 36.4 Å². The number of nitrogens with zero attached hydrogens (tertiary/aromatic N) is 3. The Kier molecular flexibility index (Phi) is 6.57. The molecule has 182 valence electrons. The molecule has 34 heavy (non-hydrogen) atoms. The lowest BCUT2D eigenvalue weighted by Gasteiger charge is -2.31. The molecule has 3 heterocycles. The van der Waals surface area contributed by atoms with Crippen molar-refractivity contribution >= 4 is 29.0 Å². The lowest BCUT2D eigenvalue weighted by atomic mass is 9.89. The molecule has 0 unspecified atom stereocenters. The first-order valence-electron chi connectivity index (χ1n) is 12.4. The average molecular weight is 484 g/mol. The van der Waals surface area contributed by atoms with Crippen LogP contribution < -0.4 is 10.6 Å². The molecule has 1 saturated heterocycles. The molecule has 3 fully saturated rings. The molecule has 2 aliphatic carbocycles. The summed E-state index contributed by atoms with van der Waals surface area (Å²) in [5.74, 6) is 0.434. The third-order valence-electron chi connectivity index (χ3n) is 7.35. The van der Waals surface area contributed by atoms with Crippen LogP contribution in [0.4, 0.5) is 5.82 Å². The second-order valence-electron chi connectivity index (χ2n) is 9.99. The van der Waals surface area contributed by atoms with Crippen LogP contribution in [0.1, 0.15) is 84.1 Å². The molecule has 0 aromatic carbocycles. The minimum atomic E-state index is -0.351. The molecule has 3 N–H and O–H groups in total. The van der Waals surface area contributed by atoms with E-state index >= 15 is 0 Å². The van der Waals surface area contributed by atoms with Crippen molar-refractivity contribution in [2.75, 3.05) is 11.9 Å². The van der Waals surface area contributed by atoms with Crippen molar-refractivity contribution in [1.82, 2.24) is 20.2 Å². The van der Waals surface area contributed by atoms with E-state index < -0.39 is 0 Å². The highest BCUT2D eigenvalue weighted by molar-refractivity contribution is 7.17. The lowest BCUT2D eigenvalue weighted by Crippen LogP contribution is -2.46. The average Bonchev–Trinajstić information content (AvgIpc) is 3.53. The van der Waals surface area contributed by atoms with Crippen molar-refractivity contribution in [2.24, 2.45) is 0 Å². The highest BCUT2D eigenvalue weighted by atomic mass is 32.1. The van der Waals surface area contributed by atoms with Gasteiger partial charge in [-0.1, -0.05) is 12.8 Å². The minimum absolute atomic E-state index is 0.0445. The molecule has 3 aliphatic rings. The summed E-state index contributed by atoms with van der Waals surface area (Å²) < 4.78 is 0. The minimum Gasteiger partial charge on any atom is -0.393 e. The topological polar surface area (TPSA) is 107 Å². The van der Waals surface area contributed by atoms with Crippen molar-refractivity contribution in [3.8, 4) is 10.4 Å². The van der Waals surface area contributed by atoms with Crippen LogP contribution in [0, 0.1) is 6.92 Å². The first kappa shape index (κ1) is 23.2. The number of aromatic nitrogens is 2. The molecule has 8 nitrogen and oxygen atoms in total. The SMILES string of the molecule is Cc1cc(NC2CCCC2)ncc1-c1sc(C(=O)NC2CC(O)C2)nc1C(=O)N1CCC[C@@H]1C. The Morgan fingerprint density at radius 1 is 1.15 bits per heavy atom. The number of carbonyl (C=O) groups excluding carboxylic acids is 2. The summed E-state index contributed by atoms with van der Waals surface area (Å²) in [5, 5.41) is 16.3. The fraction of sp³-hybridized carbons (Fsp3) is 0.600. The van der Waals surface area contributed by atoms with Gasteiger partial charge in [0.25, 0.3) is 11.8 Å². The van der Waals surface area contributed by atoms with Gasteiger partial charge in [-0.3, -0.25) is 9.59 Å². The van der Waals surface area contributed by atoms with Gasteiger partial charge < -0.3 is 20.6 Å². The van der Waals surface area contributed by atoms with Crippen LogP contribution in [-0.4, -0.2) is 62.6 Å². The third kappa shape index (κ3) is 4.68. The van der Waals surface area contributed by atoms with E-state index in [0.717, 1.165) is 29.8 Å². The number of aliphatic hydroxyl groups excluding tert-OH is 1. The van der Waals surface area contributed by atoms with E-state index in [1.807, 2.05) is 17.9 Å². The van der Waals surface area contributed by atoms with Crippen molar-refractivity contribution in [2.45, 2.75) is 89.4 Å². The van der Waals surface area contributed by atoms with Crippen molar-refractivity contribution in [3.63, 3.8) is 0 Å². The van der Waals surface area contributed by atoms with Gasteiger partial charge in [-0.25, -0.2) is 9.97 Å². The monoisotopic (exact) mass is 483 g/mol. The quantitative estimate of drug-likeness (QED) is 0.578. The largest absolute Gasteiger partial charge is 0.393 e. The number of hydrogen-bond acceptors (Lipinski definition) is 7. The van der Waals surface area contributed by atoms with Crippen LogP contribution in [0.5, 0.6) is 0 Å². The zero-order valence-electron chi connectivity index (χ0n) is 19.8. The van der Waals surface area contributed by atoms with E-state index in [-0.39, 0.29) is 35.0 Å². The van der Waals surface area contributed by atoms with Crippen LogP contribution in [0.25, 0.3) is 10.4 Å². The van der Waals surface area contributed by atoms with Crippen LogP contribution in [-0.2, 0) is 0 Å². The summed E-state index contributed by atoms with van der Waals surface area (Å²) in [4.78, 5) is 38.1. The van der Waals surface area contributed by atoms with Gasteiger partial charge in [-0.05, 0) is 64.0 Å². The summed E-state index contributed by atoms with van der Waals surface area (Å²) >= 11 is 1.25. The van der Waals surface area contributed by atoms with E-state index in [9.17, 15) is 14.7 Å². The summed E-state index contributed by atoms with van der Waals surface area (Å²) in [7, 11) is 0. The molecule has 1 aliphatic heterocycles. The molecule has 0 bridgehead atoms. The van der Waals surface area contributed by atoms with E-state index in [1.165, 1.54) is 37.0 Å². The predicted octanol–water partition coefficient (Wildman–Crippen LogP) is 3.75. The zero-order valence-corrected chi connectivity index (χ0v) is 20.7. The zero-order chi connectivity index (χ0) is 23.8. The normalized spacial score (nSPS) is 24.8. The second-order valence-corrected chi connectivity index (χ2v) is 11.0. The predicted molar refractivity (Wildman–Crippen MR) is 132 cm³/mol. The number of nitrogens with one attached hydrogen (secondary N) is 2. The van der Waals surface area contributed by atoms with Gasteiger partial charge in [0.05, 0.1) is 11.0 Å². The number of hydrogen-bond donors (Lipinski definition) is 3.